The van der Waals surface area contributed by atoms with Crippen LogP contribution < -0.4 is 0 Å². The highest BCUT2D eigenvalue weighted by Gasteiger charge is 2.29. The van der Waals surface area contributed by atoms with Gasteiger partial charge >= 0.3 is 6.18 Å². The van der Waals surface area contributed by atoms with Crippen LogP contribution in [0.3, 0.4) is 0 Å². The van der Waals surface area contributed by atoms with E-state index in [1.165, 1.54) is 31.4 Å². The lowest BCUT2D eigenvalue weighted by Gasteiger charge is -2.07. The van der Waals surface area contributed by atoms with Gasteiger partial charge in [0.25, 0.3) is 0 Å². The summed E-state index contributed by atoms with van der Waals surface area (Å²) in [6, 6.07) is 5.15. The van der Waals surface area contributed by atoms with E-state index in [2.05, 4.69) is 17.2 Å². The van der Waals surface area contributed by atoms with Gasteiger partial charge in [-0.25, -0.2) is 4.68 Å². The van der Waals surface area contributed by atoms with Crippen LogP contribution in [0.1, 0.15) is 49.4 Å². The molecule has 2 rings (SSSR count). The second kappa shape index (κ2) is 7.42. The molecule has 0 spiro atoms. The number of benzene rings is 1. The maximum Gasteiger partial charge on any atom is 0.416 e. The molecule has 0 aliphatic carbocycles. The zero-order valence-corrected chi connectivity index (χ0v) is 12.6. The average Bonchev–Trinajstić information content (AvgIpc) is 2.91. The summed E-state index contributed by atoms with van der Waals surface area (Å²) >= 11 is 0. The molecule has 0 amide bonds. The molecular weight excluding hydrogens is 291 g/mol. The third kappa shape index (κ3) is 4.86. The fraction of sp³-hybridized carbons (Fsp3) is 0.500. The molecule has 0 aliphatic heterocycles. The number of nitrogens with zero attached hydrogens (tertiary/aromatic N) is 3. The van der Waals surface area contributed by atoms with Crippen LogP contribution in [0.5, 0.6) is 0 Å². The van der Waals surface area contributed by atoms with E-state index in [1.54, 1.807) is 4.68 Å². The van der Waals surface area contributed by atoms with Crippen molar-refractivity contribution in [3.8, 4) is 0 Å². The summed E-state index contributed by atoms with van der Waals surface area (Å²) in [5.74, 6) is 0. The minimum atomic E-state index is -4.29. The summed E-state index contributed by atoms with van der Waals surface area (Å²) in [6.07, 6.45) is 3.16. The topological polar surface area (TPSA) is 30.7 Å². The number of alkyl halides is 3. The van der Waals surface area contributed by atoms with Gasteiger partial charge in [-0.1, -0.05) is 43.5 Å². The molecule has 0 N–H and O–H groups in total. The normalized spacial score (nSPS) is 11.8. The van der Waals surface area contributed by atoms with Crippen molar-refractivity contribution in [1.29, 1.82) is 0 Å². The van der Waals surface area contributed by atoms with E-state index in [0.717, 1.165) is 36.2 Å². The molecule has 0 bridgehead atoms. The van der Waals surface area contributed by atoms with Crippen molar-refractivity contribution in [2.75, 3.05) is 0 Å². The Hall–Kier alpha value is -1.85. The first-order valence-electron chi connectivity index (χ1n) is 7.54. The summed E-state index contributed by atoms with van der Waals surface area (Å²) in [6.45, 7) is 2.60. The van der Waals surface area contributed by atoms with Gasteiger partial charge in [-0.3, -0.25) is 0 Å². The maximum atomic E-state index is 12.5. The highest BCUT2D eigenvalue weighted by Crippen LogP contribution is 2.29. The Labute approximate surface area is 128 Å². The zero-order valence-electron chi connectivity index (χ0n) is 12.6. The molecule has 0 atom stereocenters. The SMILES string of the molecule is CCCCCCc1cn(Cc2ccc(C(F)(F)F)cc2)nn1. The number of halogens is 3. The zero-order chi connectivity index (χ0) is 16.0. The molecule has 120 valence electrons. The predicted octanol–water partition coefficient (Wildman–Crippen LogP) is 4.47. The highest BCUT2D eigenvalue weighted by atomic mass is 19.4. The van der Waals surface area contributed by atoms with Crippen molar-refractivity contribution in [3.63, 3.8) is 0 Å². The van der Waals surface area contributed by atoms with Crippen molar-refractivity contribution >= 4 is 0 Å². The van der Waals surface area contributed by atoms with Gasteiger partial charge < -0.3 is 0 Å². The summed E-state index contributed by atoms with van der Waals surface area (Å²) in [7, 11) is 0. The van der Waals surface area contributed by atoms with Crippen LogP contribution in [0, 0.1) is 0 Å². The molecule has 0 radical (unpaired) electrons. The quantitative estimate of drug-likeness (QED) is 0.706. The minimum absolute atomic E-state index is 0.431. The van der Waals surface area contributed by atoms with Crippen LogP contribution >= 0.6 is 0 Å². The monoisotopic (exact) mass is 311 g/mol. The number of aromatic nitrogens is 3. The van der Waals surface area contributed by atoms with Crippen molar-refractivity contribution in [2.24, 2.45) is 0 Å². The second-order valence-electron chi connectivity index (χ2n) is 5.41. The third-order valence-electron chi connectivity index (χ3n) is 3.50. The van der Waals surface area contributed by atoms with Crippen molar-refractivity contribution < 1.29 is 13.2 Å². The summed E-state index contributed by atoms with van der Waals surface area (Å²) in [5, 5.41) is 8.13. The molecule has 1 aromatic carbocycles. The first-order chi connectivity index (χ1) is 10.5. The molecule has 2 aromatic rings. The van der Waals surface area contributed by atoms with Gasteiger partial charge in [-0.2, -0.15) is 13.2 Å². The van der Waals surface area contributed by atoms with E-state index in [9.17, 15) is 13.2 Å². The molecule has 0 aliphatic rings. The van der Waals surface area contributed by atoms with Crippen molar-refractivity contribution in [2.45, 2.75) is 51.7 Å². The minimum Gasteiger partial charge on any atom is -0.248 e. The number of hydrogen-bond acceptors (Lipinski definition) is 2. The fourth-order valence-corrected chi connectivity index (χ4v) is 2.25. The van der Waals surface area contributed by atoms with Gasteiger partial charge in [0.05, 0.1) is 17.8 Å². The summed E-state index contributed by atoms with van der Waals surface area (Å²) in [4.78, 5) is 0. The largest absolute Gasteiger partial charge is 0.416 e. The smallest absolute Gasteiger partial charge is 0.248 e. The van der Waals surface area contributed by atoms with Crippen molar-refractivity contribution in [1.82, 2.24) is 15.0 Å². The maximum absolute atomic E-state index is 12.5. The Bertz CT molecular complexity index is 573. The van der Waals surface area contributed by atoms with Gasteiger partial charge in [0.15, 0.2) is 0 Å². The van der Waals surface area contributed by atoms with Crippen LogP contribution in [0.25, 0.3) is 0 Å². The van der Waals surface area contributed by atoms with Crippen molar-refractivity contribution in [3.05, 3.63) is 47.3 Å². The standard InChI is InChI=1S/C16H20F3N3/c1-2-3-4-5-6-15-12-22(21-20-15)11-13-7-9-14(10-8-13)16(17,18)19/h7-10,12H,2-6,11H2,1H3. The van der Waals surface area contributed by atoms with Gasteiger partial charge in [-0.05, 0) is 30.5 Å². The molecule has 3 nitrogen and oxygen atoms in total. The van der Waals surface area contributed by atoms with E-state index < -0.39 is 11.7 Å². The fourth-order valence-electron chi connectivity index (χ4n) is 2.25. The summed E-state index contributed by atoms with van der Waals surface area (Å²) < 4.78 is 39.2. The average molecular weight is 311 g/mol. The Morgan fingerprint density at radius 2 is 1.77 bits per heavy atom. The van der Waals surface area contributed by atoms with E-state index in [0.29, 0.717) is 6.54 Å². The molecule has 0 saturated heterocycles. The molecule has 0 saturated carbocycles. The molecular formula is C16H20F3N3. The number of hydrogen-bond donors (Lipinski definition) is 0. The molecule has 0 unspecified atom stereocenters. The Morgan fingerprint density at radius 1 is 1.05 bits per heavy atom. The van der Waals surface area contributed by atoms with E-state index >= 15 is 0 Å². The molecule has 1 heterocycles. The lowest BCUT2D eigenvalue weighted by molar-refractivity contribution is -0.137. The lowest BCUT2D eigenvalue weighted by Crippen LogP contribution is -2.05. The molecule has 1 aromatic heterocycles. The van der Waals surface area contributed by atoms with E-state index in [-0.39, 0.29) is 0 Å². The molecule has 22 heavy (non-hydrogen) atoms. The summed E-state index contributed by atoms with van der Waals surface area (Å²) in [5.41, 5.74) is 1.07. The third-order valence-corrected chi connectivity index (χ3v) is 3.50. The Balaban J connectivity index is 1.90. The first kappa shape index (κ1) is 16.5. The predicted molar refractivity (Wildman–Crippen MR) is 78.4 cm³/mol. The van der Waals surface area contributed by atoms with Gasteiger partial charge in [-0.15, -0.1) is 5.10 Å². The van der Waals surface area contributed by atoms with Crippen LogP contribution in [0.2, 0.25) is 0 Å². The number of aryl methyl sites for hydroxylation is 1. The van der Waals surface area contributed by atoms with Gasteiger partial charge in [0.2, 0.25) is 0 Å². The molecule has 6 heteroatoms. The van der Waals surface area contributed by atoms with Crippen LogP contribution in [0.4, 0.5) is 13.2 Å². The molecule has 0 fully saturated rings. The van der Waals surface area contributed by atoms with E-state index in [4.69, 9.17) is 0 Å². The van der Waals surface area contributed by atoms with Crippen LogP contribution in [-0.4, -0.2) is 15.0 Å². The highest BCUT2D eigenvalue weighted by molar-refractivity contribution is 5.24. The van der Waals surface area contributed by atoms with Crippen LogP contribution in [0.15, 0.2) is 30.5 Å². The Kier molecular flexibility index (Phi) is 5.57. The van der Waals surface area contributed by atoms with Gasteiger partial charge in [0, 0.05) is 6.20 Å². The number of unbranched alkanes of at least 4 members (excludes halogenated alkanes) is 3. The second-order valence-corrected chi connectivity index (χ2v) is 5.41. The van der Waals surface area contributed by atoms with Crippen LogP contribution in [-0.2, 0) is 19.1 Å². The van der Waals surface area contributed by atoms with E-state index in [1.807, 2.05) is 6.20 Å². The number of rotatable bonds is 7. The Morgan fingerprint density at radius 3 is 2.41 bits per heavy atom. The van der Waals surface area contributed by atoms with Gasteiger partial charge in [0.1, 0.15) is 0 Å². The lowest BCUT2D eigenvalue weighted by atomic mass is 10.1. The first-order valence-corrected chi connectivity index (χ1v) is 7.54.